The van der Waals surface area contributed by atoms with Crippen molar-refractivity contribution in [2.75, 3.05) is 25.6 Å². The molecule has 0 aliphatic carbocycles. The molecule has 2 heterocycles. The van der Waals surface area contributed by atoms with Gasteiger partial charge in [0.1, 0.15) is 6.61 Å². The molecule has 0 spiro atoms. The molecule has 0 amide bonds. The Morgan fingerprint density at radius 2 is 2.14 bits per heavy atom. The molecule has 0 atom stereocenters. The second-order valence-electron chi connectivity index (χ2n) is 4.77. The van der Waals surface area contributed by atoms with E-state index in [9.17, 15) is 0 Å². The molecule has 2 aromatic heterocycles. The molecule has 2 rings (SSSR count). The van der Waals surface area contributed by atoms with Crippen molar-refractivity contribution in [2.45, 2.75) is 26.4 Å². The van der Waals surface area contributed by atoms with Gasteiger partial charge in [0.05, 0.1) is 25.0 Å². The van der Waals surface area contributed by atoms with Crippen LogP contribution >= 0.6 is 0 Å². The zero-order valence-corrected chi connectivity index (χ0v) is 12.7. The van der Waals surface area contributed by atoms with Crippen LogP contribution in [0.15, 0.2) is 36.7 Å². The average molecular weight is 289 g/mol. The van der Waals surface area contributed by atoms with E-state index >= 15 is 0 Å². The summed E-state index contributed by atoms with van der Waals surface area (Å²) < 4.78 is 12.6. The Labute approximate surface area is 125 Å². The normalized spacial score (nSPS) is 10.6. The van der Waals surface area contributed by atoms with E-state index in [1.807, 2.05) is 12.1 Å². The largest absolute Gasteiger partial charge is 0.475 e. The summed E-state index contributed by atoms with van der Waals surface area (Å²) in [7, 11) is 1.65. The van der Waals surface area contributed by atoms with Gasteiger partial charge in [-0.25, -0.2) is 4.98 Å². The van der Waals surface area contributed by atoms with Gasteiger partial charge in [-0.3, -0.25) is 0 Å². The Balaban J connectivity index is 1.84. The highest BCUT2D eigenvalue weighted by Crippen LogP contribution is 2.13. The van der Waals surface area contributed by atoms with Crippen molar-refractivity contribution in [1.29, 1.82) is 0 Å². The number of aromatic nitrogens is 2. The van der Waals surface area contributed by atoms with Gasteiger partial charge in [-0.15, -0.1) is 0 Å². The first-order valence-corrected chi connectivity index (χ1v) is 7.29. The smallest absolute Gasteiger partial charge is 0.213 e. The van der Waals surface area contributed by atoms with Crippen molar-refractivity contribution in [2.24, 2.45) is 0 Å². The molecule has 5 nitrogen and oxygen atoms in total. The van der Waals surface area contributed by atoms with Crippen LogP contribution in [0.25, 0.3) is 0 Å². The SMILES string of the molecule is CCCn1cccc1CNc1ccc(OCCOC)nc1. The second-order valence-corrected chi connectivity index (χ2v) is 4.77. The molecule has 2 aromatic rings. The van der Waals surface area contributed by atoms with Gasteiger partial charge in [-0.05, 0) is 24.6 Å². The van der Waals surface area contributed by atoms with E-state index in [4.69, 9.17) is 9.47 Å². The number of hydrogen-bond acceptors (Lipinski definition) is 4. The van der Waals surface area contributed by atoms with Crippen molar-refractivity contribution in [3.63, 3.8) is 0 Å². The third-order valence-corrected chi connectivity index (χ3v) is 3.14. The first-order valence-electron chi connectivity index (χ1n) is 7.29. The van der Waals surface area contributed by atoms with Crippen LogP contribution in [0.3, 0.4) is 0 Å². The van der Waals surface area contributed by atoms with E-state index in [1.54, 1.807) is 13.3 Å². The number of anilines is 1. The minimum atomic E-state index is 0.515. The number of nitrogens with one attached hydrogen (secondary N) is 1. The minimum Gasteiger partial charge on any atom is -0.475 e. The Bertz CT molecular complexity index is 523. The minimum absolute atomic E-state index is 0.515. The summed E-state index contributed by atoms with van der Waals surface area (Å²) in [5.41, 5.74) is 2.26. The number of nitrogens with zero attached hydrogens (tertiary/aromatic N) is 2. The van der Waals surface area contributed by atoms with E-state index < -0.39 is 0 Å². The standard InChI is InChI=1S/C16H23N3O2/c1-3-8-19-9-4-5-15(19)13-17-14-6-7-16(18-12-14)21-11-10-20-2/h4-7,9,12,17H,3,8,10-11,13H2,1-2H3. The quantitative estimate of drug-likeness (QED) is 0.721. The van der Waals surface area contributed by atoms with Gasteiger partial charge in [0.25, 0.3) is 0 Å². The predicted molar refractivity (Wildman–Crippen MR) is 83.7 cm³/mol. The number of hydrogen-bond donors (Lipinski definition) is 1. The number of rotatable bonds is 9. The van der Waals surface area contributed by atoms with Crippen molar-refractivity contribution in [3.05, 3.63) is 42.4 Å². The Hall–Kier alpha value is -2.01. The Morgan fingerprint density at radius 1 is 1.24 bits per heavy atom. The maximum atomic E-state index is 5.43. The van der Waals surface area contributed by atoms with Crippen LogP contribution in [0, 0.1) is 0 Å². The molecule has 0 aliphatic heterocycles. The van der Waals surface area contributed by atoms with E-state index in [2.05, 4.69) is 40.1 Å². The molecule has 0 unspecified atom stereocenters. The topological polar surface area (TPSA) is 48.3 Å². The molecule has 0 aromatic carbocycles. The molecule has 0 saturated carbocycles. The highest BCUT2D eigenvalue weighted by Gasteiger charge is 2.01. The van der Waals surface area contributed by atoms with Crippen molar-refractivity contribution >= 4 is 5.69 Å². The van der Waals surface area contributed by atoms with Gasteiger partial charge in [0.2, 0.25) is 5.88 Å². The Morgan fingerprint density at radius 3 is 2.86 bits per heavy atom. The van der Waals surface area contributed by atoms with Crippen LogP contribution in [-0.2, 0) is 17.8 Å². The van der Waals surface area contributed by atoms with Gasteiger partial charge >= 0.3 is 0 Å². The number of methoxy groups -OCH3 is 1. The third kappa shape index (κ3) is 4.79. The number of pyridine rings is 1. The second kappa shape index (κ2) is 8.32. The molecule has 5 heteroatoms. The lowest BCUT2D eigenvalue weighted by Gasteiger charge is -2.10. The lowest BCUT2D eigenvalue weighted by Crippen LogP contribution is -2.08. The molecule has 0 bridgehead atoms. The van der Waals surface area contributed by atoms with Crippen molar-refractivity contribution in [1.82, 2.24) is 9.55 Å². The molecule has 114 valence electrons. The Kier molecular flexibility index (Phi) is 6.09. The number of ether oxygens (including phenoxy) is 2. The summed E-state index contributed by atoms with van der Waals surface area (Å²) in [6, 6.07) is 8.06. The van der Waals surface area contributed by atoms with E-state index in [-0.39, 0.29) is 0 Å². The van der Waals surface area contributed by atoms with Crippen LogP contribution in [0.2, 0.25) is 0 Å². The molecule has 0 radical (unpaired) electrons. The van der Waals surface area contributed by atoms with Crippen LogP contribution in [0.1, 0.15) is 19.0 Å². The maximum absolute atomic E-state index is 5.43. The average Bonchev–Trinajstić information content (AvgIpc) is 2.94. The maximum Gasteiger partial charge on any atom is 0.213 e. The lowest BCUT2D eigenvalue weighted by atomic mass is 10.3. The van der Waals surface area contributed by atoms with Crippen LogP contribution < -0.4 is 10.1 Å². The van der Waals surface area contributed by atoms with E-state index in [0.29, 0.717) is 19.1 Å². The monoisotopic (exact) mass is 289 g/mol. The fourth-order valence-corrected chi connectivity index (χ4v) is 2.06. The first kappa shape index (κ1) is 15.4. The van der Waals surface area contributed by atoms with Crippen LogP contribution in [0.4, 0.5) is 5.69 Å². The predicted octanol–water partition coefficient (Wildman–Crippen LogP) is 2.93. The van der Waals surface area contributed by atoms with Crippen LogP contribution in [0.5, 0.6) is 5.88 Å². The molecular formula is C16H23N3O2. The molecule has 0 fully saturated rings. The third-order valence-electron chi connectivity index (χ3n) is 3.14. The van der Waals surface area contributed by atoms with Crippen molar-refractivity contribution < 1.29 is 9.47 Å². The molecule has 1 N–H and O–H groups in total. The summed E-state index contributed by atoms with van der Waals surface area (Å²) >= 11 is 0. The molecule has 0 aliphatic rings. The number of aryl methyl sites for hydroxylation is 1. The fraction of sp³-hybridized carbons (Fsp3) is 0.438. The van der Waals surface area contributed by atoms with Crippen molar-refractivity contribution in [3.8, 4) is 5.88 Å². The summed E-state index contributed by atoms with van der Waals surface area (Å²) in [5.74, 6) is 0.618. The molecular weight excluding hydrogens is 266 g/mol. The van der Waals surface area contributed by atoms with Gasteiger partial charge in [-0.1, -0.05) is 6.92 Å². The zero-order valence-electron chi connectivity index (χ0n) is 12.7. The highest BCUT2D eigenvalue weighted by atomic mass is 16.5. The molecule has 0 saturated heterocycles. The summed E-state index contributed by atoms with van der Waals surface area (Å²) in [5, 5.41) is 3.38. The van der Waals surface area contributed by atoms with E-state index in [1.165, 1.54) is 5.69 Å². The zero-order chi connectivity index (χ0) is 14.9. The molecule has 21 heavy (non-hydrogen) atoms. The van der Waals surface area contributed by atoms with Crippen LogP contribution in [-0.4, -0.2) is 29.9 Å². The lowest BCUT2D eigenvalue weighted by molar-refractivity contribution is 0.144. The summed E-state index contributed by atoms with van der Waals surface area (Å²) in [6.07, 6.45) is 5.04. The van der Waals surface area contributed by atoms with Gasteiger partial charge in [0.15, 0.2) is 0 Å². The first-order chi connectivity index (χ1) is 10.3. The van der Waals surface area contributed by atoms with Gasteiger partial charge < -0.3 is 19.4 Å². The highest BCUT2D eigenvalue weighted by molar-refractivity contribution is 5.42. The summed E-state index contributed by atoms with van der Waals surface area (Å²) in [4.78, 5) is 4.26. The summed E-state index contributed by atoms with van der Waals surface area (Å²) in [6.45, 7) is 5.10. The van der Waals surface area contributed by atoms with Gasteiger partial charge in [0, 0.05) is 31.6 Å². The fourth-order valence-electron chi connectivity index (χ4n) is 2.06. The van der Waals surface area contributed by atoms with E-state index in [0.717, 1.165) is 25.2 Å². The van der Waals surface area contributed by atoms with Gasteiger partial charge in [-0.2, -0.15) is 0 Å².